The molecule has 16 heavy (non-hydrogen) atoms. The Kier molecular flexibility index (Phi) is 3.22. The summed E-state index contributed by atoms with van der Waals surface area (Å²) in [6, 6.07) is 9.31. The lowest BCUT2D eigenvalue weighted by atomic mass is 10.2. The average Bonchev–Trinajstić information content (AvgIpc) is 2.28. The highest BCUT2D eigenvalue weighted by Gasteiger charge is 1.96. The van der Waals surface area contributed by atoms with Crippen LogP contribution in [0.15, 0.2) is 36.7 Å². The summed E-state index contributed by atoms with van der Waals surface area (Å²) in [5.74, 6) is 1.16. The van der Waals surface area contributed by atoms with E-state index < -0.39 is 0 Å². The Morgan fingerprint density at radius 1 is 1.19 bits per heavy atom. The first-order chi connectivity index (χ1) is 7.74. The van der Waals surface area contributed by atoms with Gasteiger partial charge in [-0.05, 0) is 17.7 Å². The van der Waals surface area contributed by atoms with E-state index in [-0.39, 0.29) is 0 Å². The third kappa shape index (κ3) is 2.84. The molecular formula is C11H11ClN4. The Balaban J connectivity index is 1.99. The number of nitrogens with one attached hydrogen (secondary N) is 1. The predicted octanol–water partition coefficient (Wildman–Crippen LogP) is 2.32. The number of hydrogen-bond donors (Lipinski definition) is 2. The van der Waals surface area contributed by atoms with Crippen LogP contribution < -0.4 is 11.1 Å². The molecule has 82 valence electrons. The second-order valence-electron chi connectivity index (χ2n) is 3.31. The quantitative estimate of drug-likeness (QED) is 0.856. The van der Waals surface area contributed by atoms with Gasteiger partial charge in [0.1, 0.15) is 18.0 Å². The standard InChI is InChI=1S/C11H11ClN4/c12-9-3-1-8(2-4-9)6-14-11-5-10(13)15-7-16-11/h1-5,7H,6H2,(H3,13,14,15,16). The minimum absolute atomic E-state index is 0.452. The summed E-state index contributed by atoms with van der Waals surface area (Å²) in [6.07, 6.45) is 1.43. The highest BCUT2D eigenvalue weighted by molar-refractivity contribution is 6.30. The number of hydrogen-bond acceptors (Lipinski definition) is 4. The summed E-state index contributed by atoms with van der Waals surface area (Å²) in [6.45, 7) is 0.674. The third-order valence-corrected chi connectivity index (χ3v) is 2.33. The normalized spacial score (nSPS) is 10.1. The van der Waals surface area contributed by atoms with Gasteiger partial charge in [0.15, 0.2) is 0 Å². The zero-order valence-corrected chi connectivity index (χ0v) is 9.28. The van der Waals surface area contributed by atoms with Crippen molar-refractivity contribution in [3.05, 3.63) is 47.2 Å². The predicted molar refractivity (Wildman–Crippen MR) is 65.2 cm³/mol. The molecule has 0 saturated heterocycles. The molecule has 0 aliphatic carbocycles. The molecule has 4 nitrogen and oxygen atoms in total. The number of nitrogens with zero attached hydrogens (tertiary/aromatic N) is 2. The summed E-state index contributed by atoms with van der Waals surface area (Å²) >= 11 is 5.79. The molecule has 2 rings (SSSR count). The molecule has 3 N–H and O–H groups in total. The number of benzene rings is 1. The van der Waals surface area contributed by atoms with Crippen molar-refractivity contribution in [1.29, 1.82) is 0 Å². The van der Waals surface area contributed by atoms with Gasteiger partial charge in [0.2, 0.25) is 0 Å². The molecule has 0 atom stereocenters. The fourth-order valence-electron chi connectivity index (χ4n) is 1.26. The molecule has 0 fully saturated rings. The maximum absolute atomic E-state index is 5.79. The first kappa shape index (κ1) is 10.7. The van der Waals surface area contributed by atoms with Crippen LogP contribution in [0.4, 0.5) is 11.6 Å². The summed E-state index contributed by atoms with van der Waals surface area (Å²) in [7, 11) is 0. The summed E-state index contributed by atoms with van der Waals surface area (Å²) in [5.41, 5.74) is 6.67. The largest absolute Gasteiger partial charge is 0.384 e. The van der Waals surface area contributed by atoms with Crippen molar-refractivity contribution in [3.8, 4) is 0 Å². The van der Waals surface area contributed by atoms with E-state index in [0.717, 1.165) is 10.6 Å². The molecule has 0 aliphatic rings. The van der Waals surface area contributed by atoms with E-state index in [1.54, 1.807) is 6.07 Å². The zero-order chi connectivity index (χ0) is 11.4. The monoisotopic (exact) mass is 234 g/mol. The van der Waals surface area contributed by atoms with Crippen LogP contribution in [0.2, 0.25) is 5.02 Å². The van der Waals surface area contributed by atoms with E-state index >= 15 is 0 Å². The SMILES string of the molecule is Nc1cc(NCc2ccc(Cl)cc2)ncn1. The smallest absolute Gasteiger partial charge is 0.131 e. The number of halogens is 1. The molecule has 0 amide bonds. The summed E-state index contributed by atoms with van der Waals surface area (Å²) in [5, 5.41) is 3.88. The van der Waals surface area contributed by atoms with Crippen LogP contribution in [-0.2, 0) is 6.54 Å². The number of rotatable bonds is 3. The van der Waals surface area contributed by atoms with E-state index in [1.165, 1.54) is 6.33 Å². The van der Waals surface area contributed by atoms with Crippen LogP contribution in [0.5, 0.6) is 0 Å². The van der Waals surface area contributed by atoms with Gasteiger partial charge in [0.05, 0.1) is 0 Å². The maximum Gasteiger partial charge on any atom is 0.131 e. The first-order valence-electron chi connectivity index (χ1n) is 4.80. The van der Waals surface area contributed by atoms with Gasteiger partial charge >= 0.3 is 0 Å². The van der Waals surface area contributed by atoms with E-state index in [2.05, 4.69) is 15.3 Å². The Bertz CT molecular complexity index is 470. The van der Waals surface area contributed by atoms with E-state index in [9.17, 15) is 0 Å². The van der Waals surface area contributed by atoms with Gasteiger partial charge in [0, 0.05) is 17.6 Å². The number of nitrogens with two attached hydrogens (primary N) is 1. The highest BCUT2D eigenvalue weighted by atomic mass is 35.5. The van der Waals surface area contributed by atoms with Crippen LogP contribution >= 0.6 is 11.6 Å². The second kappa shape index (κ2) is 4.81. The second-order valence-corrected chi connectivity index (χ2v) is 3.74. The molecule has 1 aromatic carbocycles. The Labute approximate surface area is 98.5 Å². The minimum Gasteiger partial charge on any atom is -0.384 e. The molecule has 0 radical (unpaired) electrons. The fourth-order valence-corrected chi connectivity index (χ4v) is 1.39. The van der Waals surface area contributed by atoms with Crippen LogP contribution in [-0.4, -0.2) is 9.97 Å². The highest BCUT2D eigenvalue weighted by Crippen LogP contribution is 2.11. The van der Waals surface area contributed by atoms with E-state index in [4.69, 9.17) is 17.3 Å². The van der Waals surface area contributed by atoms with Crippen molar-refractivity contribution in [2.24, 2.45) is 0 Å². The number of nitrogen functional groups attached to an aromatic ring is 1. The maximum atomic E-state index is 5.79. The Morgan fingerprint density at radius 3 is 2.62 bits per heavy atom. The van der Waals surface area contributed by atoms with Gasteiger partial charge in [-0.25, -0.2) is 9.97 Å². The summed E-state index contributed by atoms with van der Waals surface area (Å²) < 4.78 is 0. The van der Waals surface area contributed by atoms with Crippen LogP contribution in [0.3, 0.4) is 0 Å². The van der Waals surface area contributed by atoms with E-state index in [1.807, 2.05) is 24.3 Å². The van der Waals surface area contributed by atoms with Crippen molar-refractivity contribution in [1.82, 2.24) is 9.97 Å². The van der Waals surface area contributed by atoms with Crippen LogP contribution in [0.25, 0.3) is 0 Å². The average molecular weight is 235 g/mol. The summed E-state index contributed by atoms with van der Waals surface area (Å²) in [4.78, 5) is 7.86. The third-order valence-electron chi connectivity index (χ3n) is 2.08. The van der Waals surface area contributed by atoms with Crippen molar-refractivity contribution < 1.29 is 0 Å². The molecule has 0 unspecified atom stereocenters. The number of aromatic nitrogens is 2. The van der Waals surface area contributed by atoms with Gasteiger partial charge in [-0.15, -0.1) is 0 Å². The molecule has 5 heteroatoms. The molecule has 0 saturated carbocycles. The van der Waals surface area contributed by atoms with Gasteiger partial charge in [-0.1, -0.05) is 23.7 Å². The lowest BCUT2D eigenvalue weighted by Crippen LogP contribution is -2.02. The van der Waals surface area contributed by atoms with Crippen LogP contribution in [0.1, 0.15) is 5.56 Å². The van der Waals surface area contributed by atoms with Crippen molar-refractivity contribution in [2.45, 2.75) is 6.54 Å². The Hall–Kier alpha value is -1.81. The van der Waals surface area contributed by atoms with Crippen molar-refractivity contribution >= 4 is 23.2 Å². The van der Waals surface area contributed by atoms with Gasteiger partial charge < -0.3 is 11.1 Å². The van der Waals surface area contributed by atoms with Crippen LogP contribution in [0, 0.1) is 0 Å². The molecule has 0 bridgehead atoms. The number of anilines is 2. The molecule has 0 spiro atoms. The lowest BCUT2D eigenvalue weighted by molar-refractivity contribution is 1.08. The van der Waals surface area contributed by atoms with Gasteiger partial charge in [-0.3, -0.25) is 0 Å². The first-order valence-corrected chi connectivity index (χ1v) is 5.18. The fraction of sp³-hybridized carbons (Fsp3) is 0.0909. The minimum atomic E-state index is 0.452. The van der Waals surface area contributed by atoms with Gasteiger partial charge in [0.25, 0.3) is 0 Å². The topological polar surface area (TPSA) is 63.8 Å². The molecule has 0 aliphatic heterocycles. The molecule has 1 aromatic heterocycles. The van der Waals surface area contributed by atoms with Crippen molar-refractivity contribution in [3.63, 3.8) is 0 Å². The molecule has 2 aromatic rings. The molecule has 1 heterocycles. The van der Waals surface area contributed by atoms with Gasteiger partial charge in [-0.2, -0.15) is 0 Å². The lowest BCUT2D eigenvalue weighted by Gasteiger charge is -2.05. The van der Waals surface area contributed by atoms with Crippen molar-refractivity contribution in [2.75, 3.05) is 11.1 Å². The Morgan fingerprint density at radius 2 is 1.94 bits per heavy atom. The molecular weight excluding hydrogens is 224 g/mol. The van der Waals surface area contributed by atoms with E-state index in [0.29, 0.717) is 18.2 Å². The zero-order valence-electron chi connectivity index (χ0n) is 8.52.